The van der Waals surface area contributed by atoms with E-state index >= 15 is 0 Å². The molecule has 0 unspecified atom stereocenters. The summed E-state index contributed by atoms with van der Waals surface area (Å²) in [4.78, 5) is 4.83. The first-order valence-corrected chi connectivity index (χ1v) is 17.1. The molecule has 0 spiro atoms. The Morgan fingerprint density at radius 1 is 0.633 bits per heavy atom. The van der Waals surface area contributed by atoms with Gasteiger partial charge in [0, 0.05) is 35.4 Å². The Labute approximate surface area is 290 Å². The second-order valence-electron chi connectivity index (χ2n) is 16.2. The van der Waals surface area contributed by atoms with E-state index in [1.807, 2.05) is 29.1 Å². The van der Waals surface area contributed by atoms with Gasteiger partial charge in [0.15, 0.2) is 0 Å². The van der Waals surface area contributed by atoms with Gasteiger partial charge in [0.1, 0.15) is 17.3 Å². The van der Waals surface area contributed by atoms with Gasteiger partial charge in [0.2, 0.25) is 0 Å². The van der Waals surface area contributed by atoms with Crippen LogP contribution in [0.3, 0.4) is 0 Å². The van der Waals surface area contributed by atoms with Crippen molar-refractivity contribution in [3.8, 4) is 28.7 Å². The topological polar surface area (TPSA) is 35.9 Å². The standard InChI is InChI=1S/C44H46N4O/c1-42(2,3)30-17-20-39(37(25-30)44(7,8)9)47-24-23-46(29-47)32-13-12-14-33(27-32)49-34-18-19-36-35-15-10-11-16-38(35)48(40(36)28-34)41-26-31(21-22-45-41)43(4,5)6/h10-28H,1-9H3. The summed E-state index contributed by atoms with van der Waals surface area (Å²) in [6.45, 7) is 20.3. The van der Waals surface area contributed by atoms with Crippen LogP contribution in [-0.4, -0.2) is 14.1 Å². The minimum absolute atomic E-state index is 0.0118. The maximum Gasteiger partial charge on any atom is 0.268 e. The number of para-hydroxylation sites is 1. The molecular formula is C44H46N4O. The van der Waals surface area contributed by atoms with Crippen molar-refractivity contribution >= 4 is 21.8 Å². The molecule has 4 aromatic carbocycles. The van der Waals surface area contributed by atoms with E-state index in [0.29, 0.717) is 0 Å². The van der Waals surface area contributed by atoms with Crippen LogP contribution >= 0.6 is 0 Å². The minimum Gasteiger partial charge on any atom is -0.458 e. The third-order valence-electron chi connectivity index (χ3n) is 9.33. The number of benzene rings is 4. The van der Waals surface area contributed by atoms with E-state index in [9.17, 15) is 0 Å². The quantitative estimate of drug-likeness (QED) is 0.138. The van der Waals surface area contributed by atoms with E-state index in [1.54, 1.807) is 0 Å². The van der Waals surface area contributed by atoms with Crippen LogP contribution in [0.4, 0.5) is 0 Å². The number of hydrogen-bond donors (Lipinski definition) is 0. The lowest BCUT2D eigenvalue weighted by atomic mass is 9.80. The molecule has 0 aliphatic rings. The van der Waals surface area contributed by atoms with Crippen molar-refractivity contribution in [2.24, 2.45) is 0 Å². The summed E-state index contributed by atoms with van der Waals surface area (Å²) in [5, 5.41) is 2.35. The highest BCUT2D eigenvalue weighted by atomic mass is 16.5. The molecule has 0 aliphatic carbocycles. The molecule has 49 heavy (non-hydrogen) atoms. The average Bonchev–Trinajstić information content (AvgIpc) is 3.67. The van der Waals surface area contributed by atoms with E-state index in [4.69, 9.17) is 9.72 Å². The molecule has 0 radical (unpaired) electrons. The minimum atomic E-state index is -0.0223. The van der Waals surface area contributed by atoms with Gasteiger partial charge in [0.05, 0.1) is 22.4 Å². The Balaban J connectivity index is 1.23. The number of imidazole rings is 1. The number of pyridine rings is 1. The normalized spacial score (nSPS) is 12.6. The highest BCUT2D eigenvalue weighted by Crippen LogP contribution is 2.36. The molecule has 7 rings (SSSR count). The van der Waals surface area contributed by atoms with Gasteiger partial charge >= 0.3 is 0 Å². The molecule has 3 aromatic heterocycles. The summed E-state index contributed by atoms with van der Waals surface area (Å²) < 4.78 is 12.9. The fourth-order valence-electron chi connectivity index (χ4n) is 6.51. The van der Waals surface area contributed by atoms with Crippen molar-refractivity contribution in [1.29, 1.82) is 0 Å². The summed E-state index contributed by atoms with van der Waals surface area (Å²) in [5.41, 5.74) is 8.22. The van der Waals surface area contributed by atoms with Crippen molar-refractivity contribution in [2.45, 2.75) is 78.6 Å². The van der Waals surface area contributed by atoms with Crippen LogP contribution in [0, 0.1) is 6.33 Å². The second kappa shape index (κ2) is 11.8. The van der Waals surface area contributed by atoms with E-state index in [2.05, 4.69) is 169 Å². The zero-order valence-electron chi connectivity index (χ0n) is 30.2. The van der Waals surface area contributed by atoms with Crippen molar-refractivity contribution in [3.63, 3.8) is 0 Å². The smallest absolute Gasteiger partial charge is 0.268 e. The number of rotatable bonds is 5. The van der Waals surface area contributed by atoms with Crippen LogP contribution in [0.5, 0.6) is 11.5 Å². The van der Waals surface area contributed by atoms with E-state index in [1.165, 1.54) is 22.1 Å². The highest BCUT2D eigenvalue weighted by molar-refractivity contribution is 6.09. The lowest BCUT2D eigenvalue weighted by Gasteiger charge is -2.27. The van der Waals surface area contributed by atoms with Gasteiger partial charge < -0.3 is 4.74 Å². The van der Waals surface area contributed by atoms with Crippen molar-refractivity contribution < 1.29 is 9.30 Å². The first-order chi connectivity index (χ1) is 23.2. The zero-order valence-corrected chi connectivity index (χ0v) is 30.2. The maximum atomic E-state index is 6.55. The summed E-state index contributed by atoms with van der Waals surface area (Å²) in [6, 6.07) is 34.1. The lowest BCUT2D eigenvalue weighted by molar-refractivity contribution is -0.600. The van der Waals surface area contributed by atoms with Crippen molar-refractivity contribution in [1.82, 2.24) is 14.1 Å². The van der Waals surface area contributed by atoms with Gasteiger partial charge in [-0.1, -0.05) is 98.7 Å². The van der Waals surface area contributed by atoms with Gasteiger partial charge in [-0.25, -0.2) is 4.98 Å². The lowest BCUT2D eigenvalue weighted by Crippen LogP contribution is -2.33. The summed E-state index contributed by atoms with van der Waals surface area (Å²) in [7, 11) is 0. The van der Waals surface area contributed by atoms with Crippen molar-refractivity contribution in [3.05, 3.63) is 139 Å². The van der Waals surface area contributed by atoms with Gasteiger partial charge in [-0.05, 0) is 87.5 Å². The SMILES string of the molecule is CC(C)(C)c1ccnc(-n2c3ccccc3c3ccc(Oc4cccc(-n5[c-][n+](-c6ccc(C(C)(C)C)cc6C(C)(C)C)cc5)c4)cc32)c1. The van der Waals surface area contributed by atoms with Crippen LogP contribution in [-0.2, 0) is 16.2 Å². The molecule has 0 saturated carbocycles. The van der Waals surface area contributed by atoms with Gasteiger partial charge in [-0.3, -0.25) is 13.7 Å². The molecular weight excluding hydrogens is 601 g/mol. The molecule has 0 atom stereocenters. The van der Waals surface area contributed by atoms with Gasteiger partial charge in [-0.2, -0.15) is 0 Å². The summed E-state index contributed by atoms with van der Waals surface area (Å²) in [5.74, 6) is 2.42. The molecule has 3 heterocycles. The third-order valence-corrected chi connectivity index (χ3v) is 9.33. The number of hydrogen-bond acceptors (Lipinski definition) is 2. The molecule has 7 aromatic rings. The molecule has 5 heteroatoms. The number of nitrogens with zero attached hydrogens (tertiary/aromatic N) is 4. The predicted molar refractivity (Wildman–Crippen MR) is 201 cm³/mol. The summed E-state index contributed by atoms with van der Waals surface area (Å²) >= 11 is 0. The second-order valence-corrected chi connectivity index (χ2v) is 16.2. The molecule has 248 valence electrons. The molecule has 0 N–H and O–H groups in total. The van der Waals surface area contributed by atoms with Crippen molar-refractivity contribution in [2.75, 3.05) is 0 Å². The molecule has 0 saturated heterocycles. The summed E-state index contributed by atoms with van der Waals surface area (Å²) in [6.07, 6.45) is 9.59. The van der Waals surface area contributed by atoms with Crippen LogP contribution in [0.25, 0.3) is 39.0 Å². The Kier molecular flexibility index (Phi) is 7.78. The Morgan fingerprint density at radius 3 is 2.10 bits per heavy atom. The number of ether oxygens (including phenoxy) is 1. The third kappa shape index (κ3) is 6.26. The fraction of sp³-hybridized carbons (Fsp3) is 0.273. The number of aromatic nitrogens is 4. The van der Waals surface area contributed by atoms with Gasteiger partial charge in [-0.15, -0.1) is 0 Å². The number of fused-ring (bicyclic) bond motifs is 3. The average molecular weight is 647 g/mol. The molecule has 0 fully saturated rings. The Bertz CT molecular complexity index is 2320. The first-order valence-electron chi connectivity index (χ1n) is 17.1. The monoisotopic (exact) mass is 646 g/mol. The first kappa shape index (κ1) is 32.4. The van der Waals surface area contributed by atoms with Crippen LogP contribution < -0.4 is 9.30 Å². The van der Waals surface area contributed by atoms with Crippen LogP contribution in [0.2, 0.25) is 0 Å². The molecule has 5 nitrogen and oxygen atoms in total. The Hall–Kier alpha value is -5.16. The maximum absolute atomic E-state index is 6.55. The molecule has 0 amide bonds. The van der Waals surface area contributed by atoms with Crippen LogP contribution in [0.1, 0.15) is 79.0 Å². The van der Waals surface area contributed by atoms with Crippen LogP contribution in [0.15, 0.2) is 116 Å². The zero-order chi connectivity index (χ0) is 34.7. The predicted octanol–water partition coefficient (Wildman–Crippen LogP) is 10.7. The van der Waals surface area contributed by atoms with E-state index < -0.39 is 0 Å². The van der Waals surface area contributed by atoms with E-state index in [-0.39, 0.29) is 16.2 Å². The van der Waals surface area contributed by atoms with E-state index in [0.717, 1.165) is 45.1 Å². The largest absolute Gasteiger partial charge is 0.458 e. The highest BCUT2D eigenvalue weighted by Gasteiger charge is 2.23. The van der Waals surface area contributed by atoms with Gasteiger partial charge in [0.25, 0.3) is 6.33 Å². The molecule has 0 bridgehead atoms. The molecule has 0 aliphatic heterocycles. The Morgan fingerprint density at radius 2 is 1.35 bits per heavy atom. The fourth-order valence-corrected chi connectivity index (χ4v) is 6.51.